The van der Waals surface area contributed by atoms with Gasteiger partial charge < -0.3 is 9.47 Å². The smallest absolute Gasteiger partial charge is 0.230 e. The van der Waals surface area contributed by atoms with Crippen LogP contribution in [-0.2, 0) is 6.61 Å². The fourth-order valence-corrected chi connectivity index (χ4v) is 5.07. The van der Waals surface area contributed by atoms with Crippen LogP contribution < -0.4 is 9.47 Å². The van der Waals surface area contributed by atoms with Gasteiger partial charge in [0, 0.05) is 0 Å². The topological polar surface area (TPSA) is 79.4 Å². The standard InChI is InChI=1S/C30H24N6O2/c1-19-11-9-10-16-23(19)37-17-24-32-28-27-26(21-12-5-3-6-13-21)25-20(2)33-36(22-14-7-4-8-15-22)30(25)38-29(27)31-18-35(28)34-24/h3-16,18,26H,17H2,1-2H3. The molecule has 0 amide bonds. The van der Waals surface area contributed by atoms with E-state index in [4.69, 9.17) is 19.6 Å². The Hall–Kier alpha value is -4.98. The van der Waals surface area contributed by atoms with Gasteiger partial charge in [0.2, 0.25) is 11.8 Å². The number of hydrogen-bond donors (Lipinski definition) is 0. The van der Waals surface area contributed by atoms with Crippen LogP contribution in [0.1, 0.15) is 39.7 Å². The highest BCUT2D eigenvalue weighted by atomic mass is 16.5. The minimum Gasteiger partial charge on any atom is -0.485 e. The maximum atomic E-state index is 6.47. The van der Waals surface area contributed by atoms with Gasteiger partial charge in [0.15, 0.2) is 11.5 Å². The van der Waals surface area contributed by atoms with E-state index < -0.39 is 0 Å². The Morgan fingerprint density at radius 3 is 2.37 bits per heavy atom. The third-order valence-electron chi connectivity index (χ3n) is 6.85. The number of aryl methyl sites for hydroxylation is 2. The number of hydrogen-bond acceptors (Lipinski definition) is 6. The van der Waals surface area contributed by atoms with Gasteiger partial charge >= 0.3 is 0 Å². The second-order valence-electron chi connectivity index (χ2n) is 9.31. The van der Waals surface area contributed by atoms with Crippen LogP contribution in [-0.4, -0.2) is 29.4 Å². The van der Waals surface area contributed by atoms with Crippen molar-refractivity contribution in [2.45, 2.75) is 26.4 Å². The molecule has 7 rings (SSSR count). The second-order valence-corrected chi connectivity index (χ2v) is 9.31. The normalized spacial score (nSPS) is 14.1. The average Bonchev–Trinajstić information content (AvgIpc) is 3.53. The van der Waals surface area contributed by atoms with Gasteiger partial charge in [-0.25, -0.2) is 19.2 Å². The SMILES string of the molecule is Cc1ccccc1OCc1nc2c3c(ncn2n1)Oc1c(c(C)nn1-c1ccccc1)C3c1ccccc1. The number of para-hydroxylation sites is 2. The lowest BCUT2D eigenvalue weighted by Gasteiger charge is -2.26. The van der Waals surface area contributed by atoms with Crippen molar-refractivity contribution in [3.05, 3.63) is 125 Å². The zero-order valence-corrected chi connectivity index (χ0v) is 20.9. The van der Waals surface area contributed by atoms with Crippen molar-refractivity contribution >= 4 is 5.65 Å². The van der Waals surface area contributed by atoms with Crippen LogP contribution in [0.5, 0.6) is 17.5 Å². The monoisotopic (exact) mass is 500 g/mol. The minimum atomic E-state index is -0.182. The van der Waals surface area contributed by atoms with E-state index in [1.807, 2.05) is 91.3 Å². The molecule has 1 aliphatic rings. The Morgan fingerprint density at radius 2 is 1.58 bits per heavy atom. The molecule has 4 heterocycles. The molecule has 0 spiro atoms. The molecule has 38 heavy (non-hydrogen) atoms. The number of benzene rings is 3. The highest BCUT2D eigenvalue weighted by molar-refractivity contribution is 5.66. The number of nitrogens with zero attached hydrogens (tertiary/aromatic N) is 6. The van der Waals surface area contributed by atoms with Crippen LogP contribution in [0.15, 0.2) is 91.3 Å². The zero-order valence-electron chi connectivity index (χ0n) is 20.9. The van der Waals surface area contributed by atoms with E-state index >= 15 is 0 Å². The molecule has 8 heteroatoms. The Morgan fingerprint density at radius 1 is 0.842 bits per heavy atom. The van der Waals surface area contributed by atoms with Gasteiger partial charge in [-0.2, -0.15) is 5.10 Å². The van der Waals surface area contributed by atoms with Gasteiger partial charge in [-0.1, -0.05) is 66.7 Å². The van der Waals surface area contributed by atoms with Gasteiger partial charge in [0.05, 0.1) is 28.4 Å². The Kier molecular flexibility index (Phi) is 5.18. The van der Waals surface area contributed by atoms with Gasteiger partial charge in [0.25, 0.3) is 0 Å². The lowest BCUT2D eigenvalue weighted by atomic mass is 9.84. The van der Waals surface area contributed by atoms with Crippen molar-refractivity contribution in [3.8, 4) is 23.2 Å². The van der Waals surface area contributed by atoms with Crippen molar-refractivity contribution < 1.29 is 9.47 Å². The summed E-state index contributed by atoms with van der Waals surface area (Å²) in [7, 11) is 0. The molecule has 3 aromatic carbocycles. The molecule has 8 nitrogen and oxygen atoms in total. The van der Waals surface area contributed by atoms with Crippen LogP contribution in [0.4, 0.5) is 0 Å². The Labute approximate surface area is 219 Å². The molecule has 0 aliphatic carbocycles. The maximum Gasteiger partial charge on any atom is 0.230 e. The third-order valence-corrected chi connectivity index (χ3v) is 6.85. The van der Waals surface area contributed by atoms with Crippen LogP contribution in [0, 0.1) is 13.8 Å². The fraction of sp³-hybridized carbons (Fsp3) is 0.133. The Balaban J connectivity index is 1.37. The van der Waals surface area contributed by atoms with E-state index in [1.54, 1.807) is 10.8 Å². The molecule has 0 fully saturated rings. The van der Waals surface area contributed by atoms with Gasteiger partial charge in [-0.3, -0.25) is 0 Å². The molecule has 6 aromatic rings. The van der Waals surface area contributed by atoms with Gasteiger partial charge in [-0.15, -0.1) is 5.10 Å². The molecule has 1 atom stereocenters. The van der Waals surface area contributed by atoms with Crippen molar-refractivity contribution in [2.24, 2.45) is 0 Å². The highest BCUT2D eigenvalue weighted by Crippen LogP contribution is 2.49. The van der Waals surface area contributed by atoms with E-state index in [2.05, 4.69) is 22.2 Å². The first-order valence-corrected chi connectivity index (χ1v) is 12.5. The van der Waals surface area contributed by atoms with Crippen molar-refractivity contribution in [2.75, 3.05) is 0 Å². The lowest BCUT2D eigenvalue weighted by Crippen LogP contribution is -2.16. The molecule has 1 unspecified atom stereocenters. The summed E-state index contributed by atoms with van der Waals surface area (Å²) in [5.41, 5.74) is 6.50. The Bertz CT molecular complexity index is 1780. The van der Waals surface area contributed by atoms with E-state index in [9.17, 15) is 0 Å². The minimum absolute atomic E-state index is 0.182. The summed E-state index contributed by atoms with van der Waals surface area (Å²) in [6.07, 6.45) is 1.64. The van der Waals surface area contributed by atoms with Crippen LogP contribution in [0.2, 0.25) is 0 Å². The van der Waals surface area contributed by atoms with Crippen molar-refractivity contribution in [1.29, 1.82) is 0 Å². The molecule has 1 aliphatic heterocycles. The lowest BCUT2D eigenvalue weighted by molar-refractivity contribution is 0.294. The third kappa shape index (κ3) is 3.61. The van der Waals surface area contributed by atoms with Crippen LogP contribution in [0.3, 0.4) is 0 Å². The maximum absolute atomic E-state index is 6.47. The van der Waals surface area contributed by atoms with Gasteiger partial charge in [-0.05, 0) is 43.2 Å². The van der Waals surface area contributed by atoms with Crippen molar-refractivity contribution in [3.63, 3.8) is 0 Å². The quantitative estimate of drug-likeness (QED) is 0.298. The number of fused-ring (bicyclic) bond motifs is 4. The molecule has 186 valence electrons. The molecule has 0 radical (unpaired) electrons. The summed E-state index contributed by atoms with van der Waals surface area (Å²) in [6.45, 7) is 4.28. The molecule has 3 aromatic heterocycles. The number of rotatable bonds is 5. The second kappa shape index (κ2) is 8.85. The van der Waals surface area contributed by atoms with Gasteiger partial charge in [0.1, 0.15) is 18.7 Å². The number of aromatic nitrogens is 6. The molecular weight excluding hydrogens is 476 g/mol. The zero-order chi connectivity index (χ0) is 25.6. The largest absolute Gasteiger partial charge is 0.485 e. The van der Waals surface area contributed by atoms with Crippen LogP contribution in [0.25, 0.3) is 11.3 Å². The van der Waals surface area contributed by atoms with E-state index in [1.165, 1.54) is 0 Å². The van der Waals surface area contributed by atoms with E-state index in [0.29, 0.717) is 23.2 Å². The predicted octanol–water partition coefficient (Wildman–Crippen LogP) is 5.79. The molecule has 0 N–H and O–H groups in total. The summed E-state index contributed by atoms with van der Waals surface area (Å²) in [4.78, 5) is 9.56. The first-order valence-electron chi connectivity index (χ1n) is 12.5. The predicted molar refractivity (Wildman–Crippen MR) is 142 cm³/mol. The summed E-state index contributed by atoms with van der Waals surface area (Å²) in [6, 6.07) is 28.2. The molecular formula is C30H24N6O2. The summed E-state index contributed by atoms with van der Waals surface area (Å²) >= 11 is 0. The van der Waals surface area contributed by atoms with Crippen molar-refractivity contribution in [1.82, 2.24) is 29.4 Å². The molecule has 0 saturated carbocycles. The molecule has 0 saturated heterocycles. The first-order chi connectivity index (χ1) is 18.7. The van der Waals surface area contributed by atoms with E-state index in [-0.39, 0.29) is 12.5 Å². The summed E-state index contributed by atoms with van der Waals surface area (Å²) < 4.78 is 16.1. The fourth-order valence-electron chi connectivity index (χ4n) is 5.07. The van der Waals surface area contributed by atoms with Crippen LogP contribution >= 0.6 is 0 Å². The summed E-state index contributed by atoms with van der Waals surface area (Å²) in [5.74, 6) is 2.35. The van der Waals surface area contributed by atoms with E-state index in [0.717, 1.165) is 39.4 Å². The number of ether oxygens (including phenoxy) is 2. The first kappa shape index (κ1) is 22.2. The average molecular weight is 501 g/mol. The summed E-state index contributed by atoms with van der Waals surface area (Å²) in [5, 5.41) is 9.55. The molecule has 0 bridgehead atoms. The highest BCUT2D eigenvalue weighted by Gasteiger charge is 2.38.